The molecule has 43 valence electrons. The molecule has 1 atom stereocenters. The van der Waals surface area contributed by atoms with E-state index < -0.39 is 12.2 Å². The molecule has 1 unspecified atom stereocenters. The molecule has 1 N–H and O–H groups in total. The number of alkyl halides is 3. The predicted octanol–water partition coefficient (Wildman–Crippen LogP) is 1.22. The van der Waals surface area contributed by atoms with Gasteiger partial charge in [-0.05, 0) is 6.92 Å². The Bertz CT molecular complexity index is 55.7. The van der Waals surface area contributed by atoms with Gasteiger partial charge in [0.05, 0.1) is 0 Å². The Morgan fingerprint density at radius 3 is 1.71 bits per heavy atom. The summed E-state index contributed by atoms with van der Waals surface area (Å²) in [4.78, 5) is 0. The second kappa shape index (κ2) is 1.69. The molecule has 0 heterocycles. The lowest BCUT2D eigenvalue weighted by Crippen LogP contribution is -2.28. The molecule has 4 heteroatoms. The maximum Gasteiger partial charge on any atom is 0.286 e. The van der Waals surface area contributed by atoms with Crippen LogP contribution in [0.25, 0.3) is 0 Å². The Hall–Kier alpha value is -0.250. The molecule has 0 aromatic rings. The third kappa shape index (κ3) is 2.45. The first-order chi connectivity index (χ1) is 2.94. The van der Waals surface area contributed by atoms with Crippen LogP contribution in [0.2, 0.25) is 0 Å². The van der Waals surface area contributed by atoms with Gasteiger partial charge < -0.3 is 0 Å². The highest BCUT2D eigenvalue weighted by Gasteiger charge is 2.29. The minimum atomic E-state index is -3.20. The van der Waals surface area contributed by atoms with Crippen LogP contribution in [0.5, 0.6) is 0 Å². The Labute approximate surface area is 39.3 Å². The molecular weight excluding hydrogens is 107 g/mol. The molecule has 0 amide bonds. The van der Waals surface area contributed by atoms with Crippen molar-refractivity contribution < 1.29 is 13.2 Å². The quantitative estimate of drug-likeness (QED) is 0.455. The fourth-order valence-electron chi connectivity index (χ4n) is 0. The van der Waals surface area contributed by atoms with Gasteiger partial charge in [-0.15, -0.1) is 0 Å². The van der Waals surface area contributed by atoms with Gasteiger partial charge in [-0.25, -0.2) is 18.9 Å². The molecule has 1 radical (unpaired) electrons. The summed E-state index contributed by atoms with van der Waals surface area (Å²) in [5.41, 5.74) is 5.97. The highest BCUT2D eigenvalue weighted by atomic mass is 19.3. The van der Waals surface area contributed by atoms with E-state index in [0.29, 0.717) is 6.92 Å². The van der Waals surface area contributed by atoms with Crippen LogP contribution in [0, 0.1) is 0 Å². The molecule has 1 nitrogen and oxygen atoms in total. The second-order valence-corrected chi connectivity index (χ2v) is 1.38. The van der Waals surface area contributed by atoms with Crippen molar-refractivity contribution >= 4 is 0 Å². The van der Waals surface area contributed by atoms with Crippen molar-refractivity contribution in [2.45, 2.75) is 19.1 Å². The van der Waals surface area contributed by atoms with Gasteiger partial charge in [-0.3, -0.25) is 0 Å². The van der Waals surface area contributed by atoms with E-state index in [-0.39, 0.29) is 0 Å². The van der Waals surface area contributed by atoms with Gasteiger partial charge in [0, 0.05) is 0 Å². The summed E-state index contributed by atoms with van der Waals surface area (Å²) in [5.74, 6) is -3.08. The van der Waals surface area contributed by atoms with Crippen LogP contribution in [-0.4, -0.2) is 12.2 Å². The number of nitrogens with one attached hydrogen (secondary N) is 1. The molecule has 0 spiro atoms. The van der Waals surface area contributed by atoms with Gasteiger partial charge in [0.25, 0.3) is 6.43 Å². The van der Waals surface area contributed by atoms with E-state index in [1.807, 2.05) is 0 Å². The van der Waals surface area contributed by atoms with E-state index in [1.165, 1.54) is 0 Å². The predicted molar refractivity (Wildman–Crippen MR) is 18.6 cm³/mol. The highest BCUT2D eigenvalue weighted by molar-refractivity contribution is 4.64. The zero-order valence-electron chi connectivity index (χ0n) is 3.71. The molecule has 0 bridgehead atoms. The van der Waals surface area contributed by atoms with Crippen molar-refractivity contribution in [1.82, 2.24) is 5.73 Å². The first kappa shape index (κ1) is 6.75. The van der Waals surface area contributed by atoms with E-state index in [0.717, 1.165) is 0 Å². The maximum atomic E-state index is 11.4. The molecule has 0 aromatic heterocycles. The normalized spacial score (nSPS) is 19.7. The first-order valence-corrected chi connectivity index (χ1v) is 1.66. The molecule has 0 fully saturated rings. The lowest BCUT2D eigenvalue weighted by atomic mass is 10.3. The lowest BCUT2D eigenvalue weighted by molar-refractivity contribution is -0.0230. The zero-order valence-corrected chi connectivity index (χ0v) is 3.71. The minimum absolute atomic E-state index is 0.512. The number of hydrogen-bond acceptors (Lipinski definition) is 0. The molecule has 0 aliphatic rings. The second-order valence-electron chi connectivity index (χ2n) is 1.38. The fourth-order valence-corrected chi connectivity index (χ4v) is 0. The van der Waals surface area contributed by atoms with Crippen LogP contribution in [0.1, 0.15) is 6.92 Å². The van der Waals surface area contributed by atoms with Crippen molar-refractivity contribution in [3.8, 4) is 0 Å². The van der Waals surface area contributed by atoms with Crippen LogP contribution >= 0.6 is 0 Å². The monoisotopic (exact) mass is 112 g/mol. The van der Waals surface area contributed by atoms with E-state index in [1.54, 1.807) is 0 Å². The average Bonchev–Trinajstić information content (AvgIpc) is 1.31. The SMILES string of the molecule is CC([NH])(F)C(F)F. The Kier molecular flexibility index (Phi) is 1.63. The highest BCUT2D eigenvalue weighted by Crippen LogP contribution is 2.13. The Morgan fingerprint density at radius 1 is 1.57 bits per heavy atom. The van der Waals surface area contributed by atoms with E-state index >= 15 is 0 Å². The molecule has 0 saturated heterocycles. The smallest absolute Gasteiger partial charge is 0.219 e. The van der Waals surface area contributed by atoms with Gasteiger partial charge in [0.2, 0.25) is 5.79 Å². The van der Waals surface area contributed by atoms with Gasteiger partial charge in [0.15, 0.2) is 0 Å². The molecule has 0 aliphatic heterocycles. The number of hydrogen-bond donors (Lipinski definition) is 0. The summed E-state index contributed by atoms with van der Waals surface area (Å²) in [6.07, 6.45) is -3.20. The van der Waals surface area contributed by atoms with E-state index in [4.69, 9.17) is 5.73 Å². The van der Waals surface area contributed by atoms with E-state index in [2.05, 4.69) is 0 Å². The van der Waals surface area contributed by atoms with Gasteiger partial charge in [-0.2, -0.15) is 0 Å². The van der Waals surface area contributed by atoms with Crippen molar-refractivity contribution in [2.24, 2.45) is 0 Å². The maximum absolute atomic E-state index is 11.4. The molecule has 0 aromatic carbocycles. The Balaban J connectivity index is 3.54. The third-order valence-corrected chi connectivity index (χ3v) is 0.410. The van der Waals surface area contributed by atoms with Gasteiger partial charge in [0.1, 0.15) is 0 Å². The third-order valence-electron chi connectivity index (χ3n) is 0.410. The molecule has 0 rings (SSSR count). The van der Waals surface area contributed by atoms with Crippen molar-refractivity contribution in [2.75, 3.05) is 0 Å². The van der Waals surface area contributed by atoms with Crippen molar-refractivity contribution in [3.63, 3.8) is 0 Å². The summed E-state index contributed by atoms with van der Waals surface area (Å²) in [6, 6.07) is 0. The van der Waals surface area contributed by atoms with Gasteiger partial charge in [-0.1, -0.05) is 0 Å². The summed E-state index contributed by atoms with van der Waals surface area (Å²) < 4.78 is 33.4. The Morgan fingerprint density at radius 2 is 1.71 bits per heavy atom. The minimum Gasteiger partial charge on any atom is -0.219 e. The molecule has 7 heavy (non-hydrogen) atoms. The van der Waals surface area contributed by atoms with Gasteiger partial charge >= 0.3 is 0 Å². The zero-order chi connectivity index (χ0) is 6.08. The van der Waals surface area contributed by atoms with E-state index in [9.17, 15) is 13.2 Å². The van der Waals surface area contributed by atoms with Crippen LogP contribution in [0.15, 0.2) is 0 Å². The summed E-state index contributed by atoms with van der Waals surface area (Å²) in [5, 5.41) is 0. The summed E-state index contributed by atoms with van der Waals surface area (Å²) in [7, 11) is 0. The van der Waals surface area contributed by atoms with Crippen molar-refractivity contribution in [3.05, 3.63) is 0 Å². The van der Waals surface area contributed by atoms with Crippen LogP contribution in [0.4, 0.5) is 13.2 Å². The molecule has 0 saturated carbocycles. The fraction of sp³-hybridized carbons (Fsp3) is 1.00. The lowest BCUT2D eigenvalue weighted by Gasteiger charge is -2.08. The van der Waals surface area contributed by atoms with Crippen molar-refractivity contribution in [1.29, 1.82) is 0 Å². The first-order valence-electron chi connectivity index (χ1n) is 1.66. The summed E-state index contributed by atoms with van der Waals surface area (Å²) in [6.45, 7) is 0.512. The topological polar surface area (TPSA) is 23.8 Å². The molecular formula is C3H5F3N. The van der Waals surface area contributed by atoms with Crippen LogP contribution < -0.4 is 5.73 Å². The summed E-state index contributed by atoms with van der Waals surface area (Å²) >= 11 is 0. The number of rotatable bonds is 1. The standard InChI is InChI=1S/C3H5F3N/c1-3(6,7)2(4)5/h2,7H,1H3. The molecule has 0 aliphatic carbocycles. The van der Waals surface area contributed by atoms with Crippen LogP contribution in [-0.2, 0) is 0 Å². The number of halogens is 3. The largest absolute Gasteiger partial charge is 0.286 e. The average molecular weight is 112 g/mol. The van der Waals surface area contributed by atoms with Crippen LogP contribution in [0.3, 0.4) is 0 Å².